The molecule has 0 aliphatic carbocycles. The predicted octanol–water partition coefficient (Wildman–Crippen LogP) is 3.57. The molecule has 0 fully saturated rings. The number of thioether (sulfide) groups is 2. The van der Waals surface area contributed by atoms with E-state index in [1.54, 1.807) is 11.8 Å². The summed E-state index contributed by atoms with van der Waals surface area (Å²) in [6, 6.07) is 8.40. The predicted molar refractivity (Wildman–Crippen MR) is 85.2 cm³/mol. The van der Waals surface area contributed by atoms with Crippen LogP contribution in [0.1, 0.15) is 25.8 Å². The zero-order valence-corrected chi connectivity index (χ0v) is 12.8. The van der Waals surface area contributed by atoms with Crippen molar-refractivity contribution in [1.29, 1.82) is 0 Å². The van der Waals surface area contributed by atoms with Crippen molar-refractivity contribution < 1.29 is 4.79 Å². The number of para-hydroxylation sites is 1. The highest BCUT2D eigenvalue weighted by Crippen LogP contribution is 2.34. The molecule has 0 saturated carbocycles. The van der Waals surface area contributed by atoms with Gasteiger partial charge in [0.05, 0.1) is 11.4 Å². The number of carbonyl (C=O) groups is 1. The first-order valence-electron chi connectivity index (χ1n) is 6.40. The second kappa shape index (κ2) is 7.01. The van der Waals surface area contributed by atoms with Crippen LogP contribution in [0.5, 0.6) is 0 Å². The van der Waals surface area contributed by atoms with E-state index in [9.17, 15) is 4.79 Å². The van der Waals surface area contributed by atoms with Crippen molar-refractivity contribution in [2.45, 2.75) is 32.1 Å². The van der Waals surface area contributed by atoms with E-state index in [1.165, 1.54) is 17.3 Å². The molecule has 102 valence electrons. The highest BCUT2D eigenvalue weighted by atomic mass is 32.2. The van der Waals surface area contributed by atoms with Gasteiger partial charge in [-0.05, 0) is 25.0 Å². The first-order valence-corrected chi connectivity index (χ1v) is 8.37. The van der Waals surface area contributed by atoms with Gasteiger partial charge in [0, 0.05) is 11.8 Å². The Morgan fingerprint density at radius 2 is 2.32 bits per heavy atom. The van der Waals surface area contributed by atoms with E-state index in [0.717, 1.165) is 22.2 Å². The third kappa shape index (κ3) is 4.28. The number of benzene rings is 1. The molecule has 0 saturated heterocycles. The summed E-state index contributed by atoms with van der Waals surface area (Å²) >= 11 is 3.23. The summed E-state index contributed by atoms with van der Waals surface area (Å²) in [5.41, 5.74) is 2.30. The van der Waals surface area contributed by atoms with Gasteiger partial charge in [0.2, 0.25) is 5.91 Å². The standard InChI is InChI=1S/C14H18N2OS2/c1-3-10(2)15-13(17)9-19-14-16-12-7-5-4-6-11(12)8-18-14/h4-7,10H,3,8-9H2,1-2H3,(H,15,17). The summed E-state index contributed by atoms with van der Waals surface area (Å²) in [6.45, 7) is 4.09. The lowest BCUT2D eigenvalue weighted by Gasteiger charge is -2.15. The Kier molecular flexibility index (Phi) is 5.34. The quantitative estimate of drug-likeness (QED) is 0.923. The number of nitrogens with one attached hydrogen (secondary N) is 1. The van der Waals surface area contributed by atoms with Gasteiger partial charge in [0.25, 0.3) is 0 Å². The number of amides is 1. The fourth-order valence-electron chi connectivity index (χ4n) is 1.63. The van der Waals surface area contributed by atoms with Crippen LogP contribution in [0, 0.1) is 0 Å². The van der Waals surface area contributed by atoms with Gasteiger partial charge < -0.3 is 5.32 Å². The summed E-state index contributed by atoms with van der Waals surface area (Å²) in [4.78, 5) is 16.3. The van der Waals surface area contributed by atoms with Crippen LogP contribution in [0.3, 0.4) is 0 Å². The highest BCUT2D eigenvalue weighted by Gasteiger charge is 2.14. The van der Waals surface area contributed by atoms with Crippen molar-refractivity contribution in [3.05, 3.63) is 29.8 Å². The maximum absolute atomic E-state index is 11.7. The summed E-state index contributed by atoms with van der Waals surface area (Å²) in [5.74, 6) is 1.47. The van der Waals surface area contributed by atoms with Gasteiger partial charge >= 0.3 is 0 Å². The Morgan fingerprint density at radius 1 is 1.53 bits per heavy atom. The van der Waals surface area contributed by atoms with Crippen molar-refractivity contribution in [3.63, 3.8) is 0 Å². The van der Waals surface area contributed by atoms with E-state index in [4.69, 9.17) is 0 Å². The zero-order chi connectivity index (χ0) is 13.7. The zero-order valence-electron chi connectivity index (χ0n) is 11.2. The molecule has 1 atom stereocenters. The molecular formula is C14H18N2OS2. The molecule has 5 heteroatoms. The molecule has 1 aromatic carbocycles. The fraction of sp³-hybridized carbons (Fsp3) is 0.429. The molecule has 3 nitrogen and oxygen atoms in total. The molecule has 0 aromatic heterocycles. The van der Waals surface area contributed by atoms with Gasteiger partial charge in [-0.3, -0.25) is 4.79 Å². The number of carbonyl (C=O) groups excluding carboxylic acids is 1. The maximum atomic E-state index is 11.7. The molecule has 1 unspecified atom stereocenters. The van der Waals surface area contributed by atoms with Crippen LogP contribution in [-0.2, 0) is 10.5 Å². The average Bonchev–Trinajstić information content (AvgIpc) is 2.44. The summed E-state index contributed by atoms with van der Waals surface area (Å²) < 4.78 is 0.984. The van der Waals surface area contributed by atoms with Crippen LogP contribution >= 0.6 is 23.5 Å². The van der Waals surface area contributed by atoms with Gasteiger partial charge in [0.1, 0.15) is 4.38 Å². The molecule has 0 spiro atoms. The van der Waals surface area contributed by atoms with Gasteiger partial charge in [-0.25, -0.2) is 4.99 Å². The van der Waals surface area contributed by atoms with E-state index < -0.39 is 0 Å². The lowest BCUT2D eigenvalue weighted by molar-refractivity contribution is -0.119. The molecule has 1 aromatic rings. The van der Waals surface area contributed by atoms with Crippen LogP contribution in [0.2, 0.25) is 0 Å². The molecular weight excluding hydrogens is 276 g/mol. The smallest absolute Gasteiger partial charge is 0.230 e. The Labute approximate surface area is 122 Å². The number of nitrogens with zero attached hydrogens (tertiary/aromatic N) is 1. The van der Waals surface area contributed by atoms with Crippen LogP contribution in [-0.4, -0.2) is 22.1 Å². The van der Waals surface area contributed by atoms with Gasteiger partial charge in [-0.15, -0.1) is 0 Å². The second-order valence-electron chi connectivity index (χ2n) is 4.46. The molecule has 1 aliphatic rings. The molecule has 1 N–H and O–H groups in total. The normalized spacial score (nSPS) is 15.4. The van der Waals surface area contributed by atoms with Gasteiger partial charge in [-0.1, -0.05) is 48.6 Å². The summed E-state index contributed by atoms with van der Waals surface area (Å²) in [6.07, 6.45) is 0.958. The first kappa shape index (κ1) is 14.5. The lowest BCUT2D eigenvalue weighted by Crippen LogP contribution is -2.33. The minimum Gasteiger partial charge on any atom is -0.353 e. The van der Waals surface area contributed by atoms with Gasteiger partial charge in [-0.2, -0.15) is 0 Å². The van der Waals surface area contributed by atoms with E-state index in [1.807, 2.05) is 25.1 Å². The van der Waals surface area contributed by atoms with Crippen molar-refractivity contribution in [3.8, 4) is 0 Å². The molecule has 1 heterocycles. The number of hydrogen-bond donors (Lipinski definition) is 1. The average molecular weight is 294 g/mol. The number of rotatable bonds is 4. The molecule has 0 radical (unpaired) electrons. The summed E-state index contributed by atoms with van der Waals surface area (Å²) in [7, 11) is 0. The molecule has 2 rings (SSSR count). The molecule has 19 heavy (non-hydrogen) atoms. The van der Waals surface area contributed by atoms with Crippen LogP contribution in [0.15, 0.2) is 29.3 Å². The lowest BCUT2D eigenvalue weighted by atomic mass is 10.2. The van der Waals surface area contributed by atoms with E-state index in [-0.39, 0.29) is 11.9 Å². The number of fused-ring (bicyclic) bond motifs is 1. The minimum atomic E-state index is 0.0847. The third-order valence-electron chi connectivity index (χ3n) is 2.90. The minimum absolute atomic E-state index is 0.0847. The first-order chi connectivity index (χ1) is 9.19. The van der Waals surface area contributed by atoms with E-state index in [2.05, 4.69) is 23.3 Å². The third-order valence-corrected chi connectivity index (χ3v) is 5.15. The highest BCUT2D eigenvalue weighted by molar-refractivity contribution is 8.38. The second-order valence-corrected chi connectivity index (χ2v) is 6.65. The summed E-state index contributed by atoms with van der Waals surface area (Å²) in [5, 5.41) is 2.96. The number of aliphatic imine (C=N–C) groups is 1. The largest absolute Gasteiger partial charge is 0.353 e. The van der Waals surface area contributed by atoms with E-state index in [0.29, 0.717) is 5.75 Å². The molecule has 1 aliphatic heterocycles. The van der Waals surface area contributed by atoms with Crippen LogP contribution in [0.25, 0.3) is 0 Å². The SMILES string of the molecule is CCC(C)NC(=O)CSC1=Nc2ccccc2CS1. The monoisotopic (exact) mass is 294 g/mol. The Bertz CT molecular complexity index is 488. The molecule has 1 amide bonds. The van der Waals surface area contributed by atoms with Gasteiger partial charge in [0.15, 0.2) is 0 Å². The number of hydrogen-bond acceptors (Lipinski definition) is 4. The van der Waals surface area contributed by atoms with Crippen molar-refractivity contribution in [2.75, 3.05) is 5.75 Å². The fourth-order valence-corrected chi connectivity index (χ4v) is 3.51. The Morgan fingerprint density at radius 3 is 3.11 bits per heavy atom. The topological polar surface area (TPSA) is 41.5 Å². The maximum Gasteiger partial charge on any atom is 0.230 e. The van der Waals surface area contributed by atoms with Crippen LogP contribution < -0.4 is 5.32 Å². The Balaban J connectivity index is 1.88. The molecule has 0 bridgehead atoms. The van der Waals surface area contributed by atoms with Crippen molar-refractivity contribution in [2.24, 2.45) is 4.99 Å². The van der Waals surface area contributed by atoms with E-state index >= 15 is 0 Å². The van der Waals surface area contributed by atoms with Crippen LogP contribution in [0.4, 0.5) is 5.69 Å². The Hall–Kier alpha value is -0.940. The van der Waals surface area contributed by atoms with Crippen molar-refractivity contribution in [1.82, 2.24) is 5.32 Å². The van der Waals surface area contributed by atoms with Crippen molar-refractivity contribution >= 4 is 39.5 Å².